The lowest BCUT2D eigenvalue weighted by Crippen LogP contribution is -2.30. The molecule has 1 N–H and O–H groups in total. The summed E-state index contributed by atoms with van der Waals surface area (Å²) in [4.78, 5) is 12.4. The van der Waals surface area contributed by atoms with Crippen molar-refractivity contribution < 1.29 is 9.53 Å². The Balaban J connectivity index is 2.11. The summed E-state index contributed by atoms with van der Waals surface area (Å²) in [5.74, 6) is 0.494. The Morgan fingerprint density at radius 1 is 1.14 bits per heavy atom. The van der Waals surface area contributed by atoms with Gasteiger partial charge in [0.2, 0.25) is 0 Å². The Bertz CT molecular complexity index is 674. The quantitative estimate of drug-likeness (QED) is 0.850. The number of benzene rings is 2. The summed E-state index contributed by atoms with van der Waals surface area (Å²) in [6.07, 6.45) is -0.584. The van der Waals surface area contributed by atoms with E-state index >= 15 is 0 Å². The van der Waals surface area contributed by atoms with Gasteiger partial charge in [0.25, 0.3) is 5.91 Å². The molecule has 2 rings (SSSR count). The van der Waals surface area contributed by atoms with E-state index in [1.165, 1.54) is 5.56 Å². The molecule has 1 atom stereocenters. The lowest BCUT2D eigenvalue weighted by Gasteiger charge is -2.18. The fourth-order valence-corrected chi connectivity index (χ4v) is 2.76. The van der Waals surface area contributed by atoms with Gasteiger partial charge >= 0.3 is 0 Å². The maximum absolute atomic E-state index is 12.4. The zero-order chi connectivity index (χ0) is 16.3. The second-order valence-electron chi connectivity index (χ2n) is 5.45. The second-order valence-corrected chi connectivity index (χ2v) is 6.31. The van der Waals surface area contributed by atoms with Gasteiger partial charge < -0.3 is 10.1 Å². The molecule has 1 unspecified atom stereocenters. The van der Waals surface area contributed by atoms with E-state index in [-0.39, 0.29) is 5.91 Å². The highest BCUT2D eigenvalue weighted by Gasteiger charge is 2.17. The molecule has 0 bridgehead atoms. The Morgan fingerprint density at radius 2 is 1.73 bits per heavy atom. The van der Waals surface area contributed by atoms with Crippen molar-refractivity contribution in [1.82, 2.24) is 0 Å². The normalized spacial score (nSPS) is 11.9. The van der Waals surface area contributed by atoms with Gasteiger partial charge in [-0.25, -0.2) is 0 Å². The first-order valence-electron chi connectivity index (χ1n) is 7.18. The number of ether oxygens (including phenoxy) is 1. The molecule has 0 saturated carbocycles. The molecule has 0 saturated heterocycles. The van der Waals surface area contributed by atoms with Gasteiger partial charge in [0.15, 0.2) is 6.10 Å². The van der Waals surface area contributed by atoms with Crippen LogP contribution in [0.2, 0.25) is 0 Å². The maximum Gasteiger partial charge on any atom is 0.265 e. The van der Waals surface area contributed by atoms with Gasteiger partial charge in [0.05, 0.1) is 4.47 Å². The Kier molecular flexibility index (Phi) is 5.24. The largest absolute Gasteiger partial charge is 0.480 e. The molecule has 2 aromatic rings. The summed E-state index contributed by atoms with van der Waals surface area (Å²) in [5, 5.41) is 2.97. The van der Waals surface area contributed by atoms with Crippen LogP contribution in [-0.2, 0) is 4.79 Å². The summed E-state index contributed by atoms with van der Waals surface area (Å²) in [6.45, 7) is 7.78. The number of anilines is 1. The molecule has 22 heavy (non-hydrogen) atoms. The van der Waals surface area contributed by atoms with Gasteiger partial charge in [-0.2, -0.15) is 0 Å². The molecule has 0 aliphatic heterocycles. The molecule has 0 aliphatic carbocycles. The molecule has 3 nitrogen and oxygen atoms in total. The van der Waals surface area contributed by atoms with Gasteiger partial charge in [-0.05, 0) is 66.9 Å². The lowest BCUT2D eigenvalue weighted by atomic mass is 10.0. The highest BCUT2D eigenvalue weighted by atomic mass is 79.9. The standard InChI is InChI=1S/C18H20BrNO2/c1-11-9-12(2)17(13(3)10-11)20-18(21)14(4)22-16-8-6-5-7-15(16)19/h5-10,14H,1-4H3,(H,20,21). The van der Waals surface area contributed by atoms with Crippen LogP contribution in [0.1, 0.15) is 23.6 Å². The van der Waals surface area contributed by atoms with Crippen molar-refractivity contribution in [1.29, 1.82) is 0 Å². The molecule has 116 valence electrons. The summed E-state index contributed by atoms with van der Waals surface area (Å²) < 4.78 is 6.55. The van der Waals surface area contributed by atoms with Gasteiger partial charge in [-0.15, -0.1) is 0 Å². The predicted octanol–water partition coefficient (Wildman–Crippen LogP) is 4.78. The van der Waals surface area contributed by atoms with Crippen molar-refractivity contribution in [2.45, 2.75) is 33.8 Å². The smallest absolute Gasteiger partial charge is 0.265 e. The molecular formula is C18H20BrNO2. The third kappa shape index (κ3) is 3.89. The van der Waals surface area contributed by atoms with Crippen molar-refractivity contribution >= 4 is 27.5 Å². The SMILES string of the molecule is Cc1cc(C)c(NC(=O)C(C)Oc2ccccc2Br)c(C)c1. The van der Waals surface area contributed by atoms with E-state index in [2.05, 4.69) is 33.4 Å². The molecule has 0 fully saturated rings. The van der Waals surface area contributed by atoms with Crippen LogP contribution in [-0.4, -0.2) is 12.0 Å². The first kappa shape index (κ1) is 16.6. The van der Waals surface area contributed by atoms with Gasteiger partial charge in [0, 0.05) is 5.69 Å². The molecule has 1 amide bonds. The van der Waals surface area contributed by atoms with Crippen LogP contribution in [0.4, 0.5) is 5.69 Å². The van der Waals surface area contributed by atoms with Crippen molar-refractivity contribution in [3.05, 3.63) is 57.6 Å². The summed E-state index contributed by atoms with van der Waals surface area (Å²) in [5.41, 5.74) is 4.15. The Morgan fingerprint density at radius 3 is 2.32 bits per heavy atom. The lowest BCUT2D eigenvalue weighted by molar-refractivity contribution is -0.122. The number of carbonyl (C=O) groups excluding carboxylic acids is 1. The van der Waals surface area contributed by atoms with Crippen LogP contribution in [0.3, 0.4) is 0 Å². The summed E-state index contributed by atoms with van der Waals surface area (Å²) in [7, 11) is 0. The van der Waals surface area contributed by atoms with Crippen LogP contribution >= 0.6 is 15.9 Å². The fourth-order valence-electron chi connectivity index (χ4n) is 2.39. The molecule has 2 aromatic carbocycles. The van der Waals surface area contributed by atoms with Gasteiger partial charge in [-0.3, -0.25) is 4.79 Å². The van der Waals surface area contributed by atoms with Crippen molar-refractivity contribution in [2.24, 2.45) is 0 Å². The van der Waals surface area contributed by atoms with Gasteiger partial charge in [0.1, 0.15) is 5.75 Å². The minimum Gasteiger partial charge on any atom is -0.480 e. The van der Waals surface area contributed by atoms with E-state index in [0.717, 1.165) is 21.3 Å². The van der Waals surface area contributed by atoms with Crippen molar-refractivity contribution in [3.63, 3.8) is 0 Å². The number of para-hydroxylation sites is 1. The van der Waals surface area contributed by atoms with Crippen LogP contribution < -0.4 is 10.1 Å². The number of hydrogen-bond acceptors (Lipinski definition) is 2. The highest BCUT2D eigenvalue weighted by molar-refractivity contribution is 9.10. The summed E-state index contributed by atoms with van der Waals surface area (Å²) >= 11 is 3.42. The molecule has 0 heterocycles. The topological polar surface area (TPSA) is 38.3 Å². The Hall–Kier alpha value is -1.81. The zero-order valence-corrected chi connectivity index (χ0v) is 14.8. The first-order chi connectivity index (χ1) is 10.4. The van der Waals surface area contributed by atoms with E-state index < -0.39 is 6.10 Å². The molecule has 4 heteroatoms. The van der Waals surface area contributed by atoms with Crippen LogP contribution in [0.25, 0.3) is 0 Å². The van der Waals surface area contributed by atoms with Crippen molar-refractivity contribution in [2.75, 3.05) is 5.32 Å². The minimum atomic E-state index is -0.584. The van der Waals surface area contributed by atoms with Gasteiger partial charge in [-0.1, -0.05) is 29.8 Å². The number of carbonyl (C=O) groups is 1. The monoisotopic (exact) mass is 361 g/mol. The zero-order valence-electron chi connectivity index (χ0n) is 13.2. The second kappa shape index (κ2) is 6.97. The highest BCUT2D eigenvalue weighted by Crippen LogP contribution is 2.26. The Labute approximate surface area is 139 Å². The first-order valence-corrected chi connectivity index (χ1v) is 7.97. The number of amides is 1. The van der Waals surface area contributed by atoms with Crippen LogP contribution in [0, 0.1) is 20.8 Å². The van der Waals surface area contributed by atoms with E-state index in [4.69, 9.17) is 4.74 Å². The van der Waals surface area contributed by atoms with Crippen molar-refractivity contribution in [3.8, 4) is 5.75 Å². The minimum absolute atomic E-state index is 0.161. The van der Waals surface area contributed by atoms with E-state index in [0.29, 0.717) is 5.75 Å². The van der Waals surface area contributed by atoms with Crippen LogP contribution in [0.5, 0.6) is 5.75 Å². The number of halogens is 1. The predicted molar refractivity (Wildman–Crippen MR) is 93.5 cm³/mol. The number of rotatable bonds is 4. The fraction of sp³-hybridized carbons (Fsp3) is 0.278. The number of hydrogen-bond donors (Lipinski definition) is 1. The summed E-state index contributed by atoms with van der Waals surface area (Å²) in [6, 6.07) is 11.6. The molecular weight excluding hydrogens is 342 g/mol. The third-order valence-electron chi connectivity index (χ3n) is 3.43. The molecule has 0 aromatic heterocycles. The van der Waals surface area contributed by atoms with Crippen LogP contribution in [0.15, 0.2) is 40.9 Å². The average Bonchev–Trinajstić information content (AvgIpc) is 2.45. The number of aryl methyl sites for hydroxylation is 3. The molecule has 0 radical (unpaired) electrons. The molecule has 0 spiro atoms. The number of nitrogens with one attached hydrogen (secondary N) is 1. The van der Waals surface area contributed by atoms with E-state index in [1.807, 2.05) is 45.0 Å². The molecule has 0 aliphatic rings. The maximum atomic E-state index is 12.4. The van der Waals surface area contributed by atoms with E-state index in [1.54, 1.807) is 6.92 Å². The third-order valence-corrected chi connectivity index (χ3v) is 4.09. The van der Waals surface area contributed by atoms with E-state index in [9.17, 15) is 4.79 Å². The average molecular weight is 362 g/mol.